The Kier molecular flexibility index (Phi) is 23.0. The Morgan fingerprint density at radius 1 is 0.672 bits per heavy atom. The molecule has 25 heteroatoms. The van der Waals surface area contributed by atoms with Crippen molar-refractivity contribution >= 4 is 78.7 Å². The number of carbonyl (C=O) groups is 1. The van der Waals surface area contributed by atoms with Gasteiger partial charge in [0.2, 0.25) is 0 Å². The number of halogens is 1. The van der Waals surface area contributed by atoms with Gasteiger partial charge in [-0.3, -0.25) is 20.1 Å². The third-order valence-electron chi connectivity index (χ3n) is 6.70. The van der Waals surface area contributed by atoms with Crippen LogP contribution in [0.1, 0.15) is 21.5 Å². The average Bonchev–Trinajstić information content (AvgIpc) is 3.10. The number of para-hydroxylation sites is 2. The molecule has 0 heterocycles. The maximum absolute atomic E-state index is 12.1. The monoisotopic (exact) mass is 912 g/mol. The Balaban J connectivity index is 0.00000109. The number of rotatable bonds is 10. The third kappa shape index (κ3) is 15.5. The molecular weight excluding hydrogens is 895 g/mol. The van der Waals surface area contributed by atoms with Gasteiger partial charge in [-0.15, -0.1) is 10.9 Å². The summed E-state index contributed by atoms with van der Waals surface area (Å²) < 4.78 is 66.5. The summed E-state index contributed by atoms with van der Waals surface area (Å²) in [5, 5.41) is 65.2. The molecule has 0 saturated carbocycles. The molecule has 0 aliphatic heterocycles. The number of hydrogen-bond donors (Lipinski definition) is 0. The van der Waals surface area contributed by atoms with E-state index >= 15 is 0 Å². The molecule has 0 atom stereocenters. The Morgan fingerprint density at radius 2 is 1.26 bits per heavy atom. The average molecular weight is 913 g/mol. The van der Waals surface area contributed by atoms with Gasteiger partial charge in [0.1, 0.15) is 25.9 Å². The number of carboxylic acids is 1. The van der Waals surface area contributed by atoms with Crippen molar-refractivity contribution in [3.63, 3.8) is 0 Å². The first-order valence-electron chi connectivity index (χ1n) is 14.4. The number of aliphatic imine (C=N–C) groups is 2. The molecule has 0 bridgehead atoms. The number of nitro groups is 1. The van der Waals surface area contributed by atoms with E-state index in [-0.39, 0.29) is 145 Å². The van der Waals surface area contributed by atoms with Crippen molar-refractivity contribution in [1.82, 2.24) is 0 Å². The molecule has 0 unspecified atom stereocenters. The zero-order valence-corrected chi connectivity index (χ0v) is 39.7. The minimum atomic E-state index is -5.21. The maximum Gasteiger partial charge on any atom is 3.00 e. The van der Waals surface area contributed by atoms with Crippen LogP contribution in [0.3, 0.4) is 0 Å². The molecule has 1 radical (unpaired) electrons. The fraction of sp³-hybridized carbons (Fsp3) is 0. The summed E-state index contributed by atoms with van der Waals surface area (Å²) in [5.41, 5.74) is -1.08. The van der Waals surface area contributed by atoms with Crippen LogP contribution in [0.15, 0.2) is 127 Å². The quantitative estimate of drug-likeness (QED) is 0.0315. The summed E-state index contributed by atoms with van der Waals surface area (Å²) in [6, 6.07) is 19.8. The fourth-order valence-electron chi connectivity index (χ4n) is 4.12. The Hall–Kier alpha value is -3.05. The normalized spacial score (nSPS) is 11.0. The van der Waals surface area contributed by atoms with Gasteiger partial charge < -0.3 is 34.3 Å². The Labute approximate surface area is 412 Å². The van der Waals surface area contributed by atoms with E-state index < -0.39 is 69.5 Å². The van der Waals surface area contributed by atoms with Gasteiger partial charge in [0.25, 0.3) is 5.69 Å². The van der Waals surface area contributed by atoms with Crippen LogP contribution in [-0.4, -0.2) is 49.3 Å². The van der Waals surface area contributed by atoms with Gasteiger partial charge in [-0.2, -0.15) is 5.11 Å². The summed E-state index contributed by atoms with van der Waals surface area (Å²) in [4.78, 5) is 26.8. The van der Waals surface area contributed by atoms with E-state index in [0.717, 1.165) is 24.4 Å². The van der Waals surface area contributed by atoms with Gasteiger partial charge in [0.15, 0.2) is 0 Å². The van der Waals surface area contributed by atoms with E-state index in [4.69, 9.17) is 11.6 Å². The van der Waals surface area contributed by atoms with E-state index in [1.54, 1.807) is 6.07 Å². The topological polar surface area (TPSA) is 316 Å². The van der Waals surface area contributed by atoms with Gasteiger partial charge in [0, 0.05) is 30.1 Å². The molecule has 0 N–H and O–H groups in total. The smallest absolute Gasteiger partial charge is 0.872 e. The Bertz CT molecular complexity index is 2600. The zero-order chi connectivity index (χ0) is 39.8. The van der Waals surface area contributed by atoms with Crippen molar-refractivity contribution in [3.8, 4) is 17.2 Å². The van der Waals surface area contributed by atoms with E-state index in [0.29, 0.717) is 6.07 Å². The molecule has 281 valence electrons. The van der Waals surface area contributed by atoms with Crippen LogP contribution >= 0.6 is 11.6 Å². The minimum absolute atomic E-state index is 0. The standard InChI is InChI=1S/C20H14ClN3O6S.C13H10N2O7S.Cr.3Na/c21-16-7-6-14(31(28,29)30)10-18(16)24-23-13-5-8-19(25)12(9-13)11-22-17-4-2-1-3-15(17)20(26)27;16-11-4-2-1-3-8(11)7-14-10-5-9(15(18)19)6-12(13(10)17)23(20,21)22;;;;/h1-11,25H,(H,26,27)(H,28,29,30);1-7,16-17H,(H,20,21,22);;;;/q;;+3;3*+1/p-6. The van der Waals surface area contributed by atoms with Crippen molar-refractivity contribution in [2.45, 2.75) is 9.79 Å². The second-order valence-corrected chi connectivity index (χ2v) is 13.5. The number of carboxylic acid groups (broad SMARTS) is 1. The van der Waals surface area contributed by atoms with Crippen LogP contribution in [0.4, 0.5) is 28.4 Å². The molecule has 0 aliphatic rings. The first kappa shape index (κ1) is 55.0. The van der Waals surface area contributed by atoms with Crippen molar-refractivity contribution in [2.24, 2.45) is 20.2 Å². The number of carbonyl (C=O) groups excluding carboxylic acids is 1. The molecule has 0 aromatic heterocycles. The van der Waals surface area contributed by atoms with E-state index in [1.165, 1.54) is 72.9 Å². The van der Waals surface area contributed by atoms with Crippen LogP contribution in [0, 0.1) is 10.1 Å². The van der Waals surface area contributed by atoms with Crippen LogP contribution in [-0.2, 0) is 37.6 Å². The molecule has 0 saturated heterocycles. The SMILES string of the molecule is O=C([O-])c1ccccc1N=Cc1cc(N=Nc2cc(S(=O)(=O)[O-])ccc2Cl)ccc1[O-].O=[N+]([O-])c1cc(N=Cc2ccccc2[O-])c([O-])c(S(=O)(=O)[O-])c1.[Cr+3].[Na+].[Na+].[Na+]. The molecule has 5 rings (SSSR count). The molecule has 5 aromatic carbocycles. The van der Waals surface area contributed by atoms with Gasteiger partial charge in [-0.05, 0) is 47.5 Å². The zero-order valence-electron chi connectivity index (χ0n) is 30.0. The van der Waals surface area contributed by atoms with E-state index in [2.05, 4.69) is 20.2 Å². The van der Waals surface area contributed by atoms with Crippen LogP contribution in [0.25, 0.3) is 0 Å². The number of nitrogens with zero attached hydrogens (tertiary/aromatic N) is 5. The largest absolute Gasteiger partial charge is 3.00 e. The molecular formula is C33H18ClCrN5Na3O13S2. The number of non-ortho nitro benzene ring substituents is 1. The van der Waals surface area contributed by atoms with Crippen molar-refractivity contribution in [1.29, 1.82) is 0 Å². The first-order valence-corrected chi connectivity index (χ1v) is 17.6. The number of azo groups is 1. The third-order valence-corrected chi connectivity index (χ3v) is 8.69. The molecule has 0 spiro atoms. The van der Waals surface area contributed by atoms with Crippen molar-refractivity contribution in [2.75, 3.05) is 0 Å². The van der Waals surface area contributed by atoms with Crippen LogP contribution < -0.4 is 109 Å². The maximum atomic E-state index is 12.1. The van der Waals surface area contributed by atoms with E-state index in [1.807, 2.05) is 0 Å². The van der Waals surface area contributed by atoms with E-state index in [9.17, 15) is 61.3 Å². The molecule has 0 fully saturated rings. The Morgan fingerprint density at radius 3 is 1.86 bits per heavy atom. The molecule has 5 aromatic rings. The summed E-state index contributed by atoms with van der Waals surface area (Å²) in [6.45, 7) is 0. The van der Waals surface area contributed by atoms with Crippen molar-refractivity contribution < 1.29 is 162 Å². The summed E-state index contributed by atoms with van der Waals surface area (Å²) >= 11 is 5.95. The number of hydrogen-bond acceptors (Lipinski definition) is 17. The second-order valence-electron chi connectivity index (χ2n) is 10.4. The number of benzene rings is 5. The minimum Gasteiger partial charge on any atom is -0.872 e. The number of aromatic carboxylic acids is 1. The van der Waals surface area contributed by atoms with Gasteiger partial charge in [-0.25, -0.2) is 16.8 Å². The predicted octanol–water partition coefficient (Wildman–Crippen LogP) is -5.75. The molecule has 58 heavy (non-hydrogen) atoms. The molecule has 18 nitrogen and oxygen atoms in total. The van der Waals surface area contributed by atoms with Gasteiger partial charge >= 0.3 is 106 Å². The predicted molar refractivity (Wildman–Crippen MR) is 181 cm³/mol. The fourth-order valence-corrected chi connectivity index (χ4v) is 5.36. The number of nitro benzene ring substituents is 1. The molecule has 0 aliphatic carbocycles. The van der Waals surface area contributed by atoms with Gasteiger partial charge in [0.05, 0.1) is 42.8 Å². The second kappa shape index (κ2) is 24.3. The first-order chi connectivity index (χ1) is 25.3. The van der Waals surface area contributed by atoms with Crippen LogP contribution in [0.2, 0.25) is 5.02 Å². The van der Waals surface area contributed by atoms with Crippen molar-refractivity contribution in [3.05, 3.63) is 129 Å². The summed E-state index contributed by atoms with van der Waals surface area (Å²) in [6.07, 6.45) is 2.14. The van der Waals surface area contributed by atoms with Crippen LogP contribution in [0.5, 0.6) is 17.2 Å². The summed E-state index contributed by atoms with van der Waals surface area (Å²) in [7, 11) is -9.90. The summed E-state index contributed by atoms with van der Waals surface area (Å²) in [5.74, 6) is -3.49. The van der Waals surface area contributed by atoms with Gasteiger partial charge in [-0.1, -0.05) is 71.6 Å². The molecule has 0 amide bonds.